The number of aromatic nitrogens is 2. The third-order valence-corrected chi connectivity index (χ3v) is 3.22. The lowest BCUT2D eigenvalue weighted by atomic mass is 10.2. The highest BCUT2D eigenvalue weighted by molar-refractivity contribution is 6.01. The van der Waals surface area contributed by atoms with E-state index >= 15 is 0 Å². The first-order valence-corrected chi connectivity index (χ1v) is 6.31. The molecular formula is C14H15N3O2. The molecule has 1 fully saturated rings. The summed E-state index contributed by atoms with van der Waals surface area (Å²) in [4.78, 5) is 11.8. The van der Waals surface area contributed by atoms with Gasteiger partial charge >= 0.3 is 0 Å². The maximum absolute atomic E-state index is 11.8. The Morgan fingerprint density at radius 2 is 2.42 bits per heavy atom. The molecule has 0 unspecified atom stereocenters. The summed E-state index contributed by atoms with van der Waals surface area (Å²) in [6.07, 6.45) is 7.03. The summed E-state index contributed by atoms with van der Waals surface area (Å²) in [7, 11) is 0. The van der Waals surface area contributed by atoms with E-state index in [9.17, 15) is 4.79 Å². The molecule has 2 heterocycles. The van der Waals surface area contributed by atoms with Crippen LogP contribution >= 0.6 is 0 Å². The van der Waals surface area contributed by atoms with E-state index in [4.69, 9.17) is 4.42 Å². The number of amides is 1. The third kappa shape index (κ3) is 2.59. The molecule has 0 saturated heterocycles. The summed E-state index contributed by atoms with van der Waals surface area (Å²) in [6, 6.07) is 3.56. The highest BCUT2D eigenvalue weighted by atomic mass is 16.3. The van der Waals surface area contributed by atoms with E-state index in [1.165, 1.54) is 18.9 Å². The van der Waals surface area contributed by atoms with Crippen molar-refractivity contribution in [3.8, 4) is 0 Å². The van der Waals surface area contributed by atoms with Crippen LogP contribution in [0.1, 0.15) is 35.8 Å². The molecule has 5 heteroatoms. The van der Waals surface area contributed by atoms with Crippen molar-refractivity contribution in [2.45, 2.75) is 25.7 Å². The third-order valence-electron chi connectivity index (χ3n) is 3.22. The van der Waals surface area contributed by atoms with Gasteiger partial charge in [-0.15, -0.1) is 0 Å². The first kappa shape index (κ1) is 11.8. The van der Waals surface area contributed by atoms with E-state index in [1.54, 1.807) is 24.5 Å². The molecule has 2 aromatic rings. The predicted molar refractivity (Wildman–Crippen MR) is 71.7 cm³/mol. The molecule has 2 aromatic heterocycles. The van der Waals surface area contributed by atoms with Crippen molar-refractivity contribution >= 4 is 17.8 Å². The number of carbonyl (C=O) groups is 1. The minimum atomic E-state index is -0.214. The molecule has 1 saturated carbocycles. The van der Waals surface area contributed by atoms with Gasteiger partial charge in [-0.2, -0.15) is 5.10 Å². The van der Waals surface area contributed by atoms with Crippen LogP contribution in [0.3, 0.4) is 0 Å². The lowest BCUT2D eigenvalue weighted by molar-refractivity contribution is -0.111. The maximum atomic E-state index is 11.8. The predicted octanol–water partition coefficient (Wildman–Crippen LogP) is 2.84. The van der Waals surface area contributed by atoms with Gasteiger partial charge in [-0.25, -0.2) is 0 Å². The van der Waals surface area contributed by atoms with Crippen molar-refractivity contribution < 1.29 is 9.21 Å². The Labute approximate surface area is 110 Å². The Balaban J connectivity index is 1.66. The van der Waals surface area contributed by atoms with Crippen molar-refractivity contribution in [3.05, 3.63) is 41.5 Å². The van der Waals surface area contributed by atoms with Crippen LogP contribution in [-0.4, -0.2) is 16.1 Å². The Kier molecular flexibility index (Phi) is 2.95. The molecule has 0 atom stereocenters. The summed E-state index contributed by atoms with van der Waals surface area (Å²) >= 11 is 0. The van der Waals surface area contributed by atoms with Crippen LogP contribution in [0.25, 0.3) is 6.08 Å². The average molecular weight is 257 g/mol. The van der Waals surface area contributed by atoms with Crippen molar-refractivity contribution in [2.24, 2.45) is 0 Å². The van der Waals surface area contributed by atoms with Crippen molar-refractivity contribution in [3.63, 3.8) is 0 Å². The van der Waals surface area contributed by atoms with E-state index in [1.807, 2.05) is 6.92 Å². The van der Waals surface area contributed by atoms with Gasteiger partial charge in [0.15, 0.2) is 5.82 Å². The van der Waals surface area contributed by atoms with Crippen LogP contribution in [0.2, 0.25) is 0 Å². The lowest BCUT2D eigenvalue weighted by Crippen LogP contribution is -2.09. The zero-order valence-electron chi connectivity index (χ0n) is 10.6. The molecule has 2 N–H and O–H groups in total. The van der Waals surface area contributed by atoms with E-state index < -0.39 is 0 Å². The Morgan fingerprint density at radius 3 is 3.11 bits per heavy atom. The van der Waals surface area contributed by atoms with E-state index in [0.717, 1.165) is 11.3 Å². The Bertz CT molecular complexity index is 607. The second-order valence-corrected chi connectivity index (χ2v) is 4.72. The van der Waals surface area contributed by atoms with E-state index in [-0.39, 0.29) is 5.91 Å². The lowest BCUT2D eigenvalue weighted by Gasteiger charge is -1.99. The summed E-state index contributed by atoms with van der Waals surface area (Å²) in [5.41, 5.74) is 2.17. The zero-order valence-corrected chi connectivity index (χ0v) is 10.6. The number of rotatable bonds is 4. The number of aromatic amines is 1. The quantitative estimate of drug-likeness (QED) is 0.827. The smallest absolute Gasteiger partial charge is 0.249 e. The summed E-state index contributed by atoms with van der Waals surface area (Å²) < 4.78 is 5.11. The topological polar surface area (TPSA) is 70.9 Å². The van der Waals surface area contributed by atoms with E-state index in [0.29, 0.717) is 17.5 Å². The van der Waals surface area contributed by atoms with Gasteiger partial charge in [0, 0.05) is 23.3 Å². The molecule has 0 spiro atoms. The summed E-state index contributed by atoms with van der Waals surface area (Å²) in [5, 5.41) is 9.92. The molecular weight excluding hydrogens is 242 g/mol. The van der Waals surface area contributed by atoms with Crippen molar-refractivity contribution in [1.29, 1.82) is 0 Å². The van der Waals surface area contributed by atoms with Crippen LogP contribution in [0.5, 0.6) is 0 Å². The molecule has 98 valence electrons. The molecule has 0 radical (unpaired) electrons. The summed E-state index contributed by atoms with van der Waals surface area (Å²) in [6.45, 7) is 1.98. The Hall–Kier alpha value is -2.30. The fourth-order valence-corrected chi connectivity index (χ4v) is 2.00. The van der Waals surface area contributed by atoms with E-state index in [2.05, 4.69) is 15.5 Å². The molecule has 5 nitrogen and oxygen atoms in total. The number of furan rings is 1. The van der Waals surface area contributed by atoms with Gasteiger partial charge in [-0.05, 0) is 38.0 Å². The number of nitrogens with zero attached hydrogens (tertiary/aromatic N) is 1. The van der Waals surface area contributed by atoms with Crippen molar-refractivity contribution in [2.75, 3.05) is 5.32 Å². The second-order valence-electron chi connectivity index (χ2n) is 4.72. The first-order valence-electron chi connectivity index (χ1n) is 6.31. The van der Waals surface area contributed by atoms with Crippen LogP contribution < -0.4 is 5.32 Å². The minimum absolute atomic E-state index is 0.214. The number of carbonyl (C=O) groups excluding carboxylic acids is 1. The molecule has 0 aromatic carbocycles. The monoisotopic (exact) mass is 257 g/mol. The number of anilines is 1. The van der Waals surface area contributed by atoms with Gasteiger partial charge < -0.3 is 9.73 Å². The highest BCUT2D eigenvalue weighted by Crippen LogP contribution is 2.41. The Morgan fingerprint density at radius 1 is 1.58 bits per heavy atom. The molecule has 1 aliphatic carbocycles. The number of hydrogen-bond donors (Lipinski definition) is 2. The van der Waals surface area contributed by atoms with Crippen LogP contribution in [-0.2, 0) is 4.79 Å². The maximum Gasteiger partial charge on any atom is 0.249 e. The van der Waals surface area contributed by atoms with Crippen molar-refractivity contribution in [1.82, 2.24) is 10.2 Å². The number of H-pyrrole nitrogens is 1. The van der Waals surface area contributed by atoms with Gasteiger partial charge in [-0.3, -0.25) is 9.89 Å². The highest BCUT2D eigenvalue weighted by Gasteiger charge is 2.28. The average Bonchev–Trinajstić information content (AvgIpc) is 2.98. The number of nitrogens with one attached hydrogen (secondary N) is 2. The van der Waals surface area contributed by atoms with Gasteiger partial charge in [-0.1, -0.05) is 0 Å². The van der Waals surface area contributed by atoms with Gasteiger partial charge in [0.25, 0.3) is 0 Å². The zero-order chi connectivity index (χ0) is 13.2. The van der Waals surface area contributed by atoms with Gasteiger partial charge in [0.1, 0.15) is 5.76 Å². The van der Waals surface area contributed by atoms with Gasteiger partial charge in [0.05, 0.1) is 6.26 Å². The van der Waals surface area contributed by atoms with Crippen LogP contribution in [0, 0.1) is 6.92 Å². The van der Waals surface area contributed by atoms with Crippen LogP contribution in [0.15, 0.2) is 28.9 Å². The fourth-order valence-electron chi connectivity index (χ4n) is 2.00. The first-order chi connectivity index (χ1) is 9.24. The minimum Gasteiger partial charge on any atom is -0.465 e. The fraction of sp³-hybridized carbons (Fsp3) is 0.286. The standard InChI is InChI=1S/C14H15N3O2/c1-9-13(10-4-5-10)16-17-14(9)15-12(18)7-6-11-3-2-8-19-11/h2-3,6-8,10H,4-5H2,1H3,(H2,15,16,17,18)/b7-6+. The molecule has 1 amide bonds. The van der Waals surface area contributed by atoms with Gasteiger partial charge in [0.2, 0.25) is 5.91 Å². The normalized spacial score (nSPS) is 15.0. The molecule has 19 heavy (non-hydrogen) atoms. The number of hydrogen-bond acceptors (Lipinski definition) is 3. The largest absolute Gasteiger partial charge is 0.465 e. The molecule has 3 rings (SSSR count). The van der Waals surface area contributed by atoms with Crippen LogP contribution in [0.4, 0.5) is 5.82 Å². The second kappa shape index (κ2) is 4.76. The SMILES string of the molecule is Cc1c(NC(=O)/C=C/c2ccco2)n[nH]c1C1CC1. The molecule has 1 aliphatic rings. The molecule has 0 bridgehead atoms. The molecule has 0 aliphatic heterocycles. The summed E-state index contributed by atoms with van der Waals surface area (Å²) in [5.74, 6) is 1.63.